The number of hydrogen-bond acceptors (Lipinski definition) is 6. The first-order chi connectivity index (χ1) is 10.2. The summed E-state index contributed by atoms with van der Waals surface area (Å²) in [5.41, 5.74) is 7.91. The fraction of sp³-hybridized carbons (Fsp3) is 0.333. The van der Waals surface area contributed by atoms with E-state index < -0.39 is 0 Å². The summed E-state index contributed by atoms with van der Waals surface area (Å²) in [6.45, 7) is 1.20. The van der Waals surface area contributed by atoms with E-state index >= 15 is 0 Å². The summed E-state index contributed by atoms with van der Waals surface area (Å²) in [4.78, 5) is 10.6. The van der Waals surface area contributed by atoms with E-state index in [0.29, 0.717) is 30.8 Å². The van der Waals surface area contributed by atoms with Crippen molar-refractivity contribution in [3.05, 3.63) is 41.5 Å². The fourth-order valence-electron chi connectivity index (χ4n) is 1.97. The van der Waals surface area contributed by atoms with Gasteiger partial charge in [0, 0.05) is 20.1 Å². The Hall–Kier alpha value is -2.34. The lowest BCUT2D eigenvalue weighted by Gasteiger charge is -2.18. The minimum Gasteiger partial charge on any atom is -0.481 e. The monoisotopic (exact) mass is 288 g/mol. The van der Waals surface area contributed by atoms with E-state index in [2.05, 4.69) is 16.0 Å². The van der Waals surface area contributed by atoms with Crippen LogP contribution in [0.4, 0.5) is 5.95 Å². The molecule has 0 aliphatic carbocycles. The lowest BCUT2D eigenvalue weighted by atomic mass is 10.1. The standard InChI is InChI=1S/C15H20N4O2/c1-19(10-12-6-4-5-11(7-12)9-16)15-17-13(20-2)8-14(18-15)21-3/h4-8H,9-10,16H2,1-3H3. The molecule has 1 heterocycles. The summed E-state index contributed by atoms with van der Waals surface area (Å²) in [6, 6.07) is 9.78. The van der Waals surface area contributed by atoms with Crippen LogP contribution < -0.4 is 20.1 Å². The van der Waals surface area contributed by atoms with E-state index in [-0.39, 0.29) is 0 Å². The highest BCUT2D eigenvalue weighted by molar-refractivity contribution is 5.37. The van der Waals surface area contributed by atoms with Crippen LogP contribution in [0.15, 0.2) is 30.3 Å². The summed E-state index contributed by atoms with van der Waals surface area (Å²) >= 11 is 0. The third-order valence-electron chi connectivity index (χ3n) is 3.07. The van der Waals surface area contributed by atoms with Crippen LogP contribution in [0.2, 0.25) is 0 Å². The molecule has 21 heavy (non-hydrogen) atoms. The van der Waals surface area contributed by atoms with Crippen molar-refractivity contribution in [3.63, 3.8) is 0 Å². The summed E-state index contributed by atoms with van der Waals surface area (Å²) in [5.74, 6) is 1.49. The Morgan fingerprint density at radius 1 is 1.05 bits per heavy atom. The van der Waals surface area contributed by atoms with E-state index in [1.54, 1.807) is 20.3 Å². The van der Waals surface area contributed by atoms with Gasteiger partial charge in [-0.15, -0.1) is 0 Å². The Bertz CT molecular complexity index is 582. The first kappa shape index (κ1) is 15.1. The van der Waals surface area contributed by atoms with Crippen molar-refractivity contribution in [3.8, 4) is 11.8 Å². The minimum absolute atomic E-state index is 0.472. The molecule has 0 aliphatic heterocycles. The van der Waals surface area contributed by atoms with E-state index in [9.17, 15) is 0 Å². The topological polar surface area (TPSA) is 73.5 Å². The van der Waals surface area contributed by atoms with E-state index in [0.717, 1.165) is 11.1 Å². The molecule has 0 spiro atoms. The Balaban J connectivity index is 2.20. The molecule has 6 heteroatoms. The van der Waals surface area contributed by atoms with E-state index in [1.807, 2.05) is 30.1 Å². The molecule has 1 aromatic heterocycles. The summed E-state index contributed by atoms with van der Waals surface area (Å²) < 4.78 is 10.3. The van der Waals surface area contributed by atoms with Gasteiger partial charge in [-0.05, 0) is 11.1 Å². The minimum atomic E-state index is 0.472. The highest BCUT2D eigenvalue weighted by atomic mass is 16.5. The Morgan fingerprint density at radius 2 is 1.67 bits per heavy atom. The number of aromatic nitrogens is 2. The second-order valence-electron chi connectivity index (χ2n) is 4.63. The molecule has 0 saturated carbocycles. The largest absolute Gasteiger partial charge is 0.481 e. The second kappa shape index (κ2) is 6.90. The second-order valence-corrected chi connectivity index (χ2v) is 4.63. The van der Waals surface area contributed by atoms with Gasteiger partial charge in [-0.2, -0.15) is 9.97 Å². The van der Waals surface area contributed by atoms with Crippen molar-refractivity contribution in [1.29, 1.82) is 0 Å². The van der Waals surface area contributed by atoms with Gasteiger partial charge >= 0.3 is 0 Å². The van der Waals surface area contributed by atoms with Crippen molar-refractivity contribution in [1.82, 2.24) is 9.97 Å². The van der Waals surface area contributed by atoms with Gasteiger partial charge in [0.2, 0.25) is 17.7 Å². The van der Waals surface area contributed by atoms with Gasteiger partial charge in [-0.1, -0.05) is 24.3 Å². The first-order valence-electron chi connectivity index (χ1n) is 6.62. The third-order valence-corrected chi connectivity index (χ3v) is 3.07. The van der Waals surface area contributed by atoms with Crippen LogP contribution in [0.1, 0.15) is 11.1 Å². The van der Waals surface area contributed by atoms with Crippen LogP contribution in [0, 0.1) is 0 Å². The molecule has 6 nitrogen and oxygen atoms in total. The van der Waals surface area contributed by atoms with Crippen molar-refractivity contribution in [2.75, 3.05) is 26.2 Å². The fourth-order valence-corrected chi connectivity index (χ4v) is 1.97. The van der Waals surface area contributed by atoms with Crippen LogP contribution in [-0.4, -0.2) is 31.2 Å². The summed E-state index contributed by atoms with van der Waals surface area (Å²) in [6.07, 6.45) is 0. The van der Waals surface area contributed by atoms with E-state index in [4.69, 9.17) is 15.2 Å². The van der Waals surface area contributed by atoms with Gasteiger partial charge < -0.3 is 20.1 Å². The molecule has 0 atom stereocenters. The Labute approximate surface area is 124 Å². The molecule has 2 aromatic rings. The molecule has 2 N–H and O–H groups in total. The van der Waals surface area contributed by atoms with Crippen molar-refractivity contribution in [2.24, 2.45) is 5.73 Å². The maximum absolute atomic E-state index is 5.67. The molecular weight excluding hydrogens is 268 g/mol. The molecule has 0 unspecified atom stereocenters. The van der Waals surface area contributed by atoms with Crippen LogP contribution in [0.3, 0.4) is 0 Å². The van der Waals surface area contributed by atoms with Gasteiger partial charge in [0.1, 0.15) is 0 Å². The molecule has 2 rings (SSSR count). The van der Waals surface area contributed by atoms with Crippen LogP contribution in [-0.2, 0) is 13.1 Å². The molecule has 0 fully saturated rings. The Morgan fingerprint density at radius 3 is 2.24 bits per heavy atom. The number of benzene rings is 1. The average molecular weight is 288 g/mol. The zero-order valence-electron chi connectivity index (χ0n) is 12.5. The molecule has 0 aliphatic rings. The quantitative estimate of drug-likeness (QED) is 0.870. The maximum Gasteiger partial charge on any atom is 0.232 e. The Kier molecular flexibility index (Phi) is 4.94. The average Bonchev–Trinajstić information content (AvgIpc) is 2.54. The number of rotatable bonds is 6. The smallest absolute Gasteiger partial charge is 0.232 e. The van der Waals surface area contributed by atoms with Crippen molar-refractivity contribution >= 4 is 5.95 Å². The number of nitrogens with zero attached hydrogens (tertiary/aromatic N) is 3. The first-order valence-corrected chi connectivity index (χ1v) is 6.62. The van der Waals surface area contributed by atoms with Crippen LogP contribution in [0.25, 0.3) is 0 Å². The lowest BCUT2D eigenvalue weighted by Crippen LogP contribution is -2.19. The van der Waals surface area contributed by atoms with Crippen LogP contribution >= 0.6 is 0 Å². The predicted molar refractivity (Wildman–Crippen MR) is 81.6 cm³/mol. The highest BCUT2D eigenvalue weighted by Gasteiger charge is 2.10. The van der Waals surface area contributed by atoms with Crippen molar-refractivity contribution in [2.45, 2.75) is 13.1 Å². The lowest BCUT2D eigenvalue weighted by molar-refractivity contribution is 0.371. The normalized spacial score (nSPS) is 10.3. The summed E-state index contributed by atoms with van der Waals surface area (Å²) in [7, 11) is 5.05. The number of methoxy groups -OCH3 is 2. The number of hydrogen-bond donors (Lipinski definition) is 1. The number of anilines is 1. The molecule has 112 valence electrons. The van der Waals surface area contributed by atoms with E-state index in [1.165, 1.54) is 0 Å². The maximum atomic E-state index is 5.67. The van der Waals surface area contributed by atoms with Gasteiger partial charge in [0.05, 0.1) is 20.3 Å². The highest BCUT2D eigenvalue weighted by Crippen LogP contribution is 2.20. The third kappa shape index (κ3) is 3.82. The van der Waals surface area contributed by atoms with Gasteiger partial charge in [-0.3, -0.25) is 0 Å². The predicted octanol–water partition coefficient (Wildman–Crippen LogP) is 1.59. The molecule has 0 amide bonds. The SMILES string of the molecule is COc1cc(OC)nc(N(C)Cc2cccc(CN)c2)n1. The molecule has 0 bridgehead atoms. The number of nitrogens with two attached hydrogens (primary N) is 1. The molecule has 1 aromatic carbocycles. The molecule has 0 saturated heterocycles. The van der Waals surface area contributed by atoms with Crippen molar-refractivity contribution < 1.29 is 9.47 Å². The number of ether oxygens (including phenoxy) is 2. The van der Waals surface area contributed by atoms with Gasteiger partial charge in [0.25, 0.3) is 0 Å². The summed E-state index contributed by atoms with van der Waals surface area (Å²) in [5, 5.41) is 0. The molecular formula is C15H20N4O2. The van der Waals surface area contributed by atoms with Gasteiger partial charge in [0.15, 0.2) is 0 Å². The zero-order chi connectivity index (χ0) is 15.2. The van der Waals surface area contributed by atoms with Gasteiger partial charge in [-0.25, -0.2) is 0 Å². The molecule has 0 radical (unpaired) electrons. The van der Waals surface area contributed by atoms with Crippen LogP contribution in [0.5, 0.6) is 11.8 Å². The zero-order valence-corrected chi connectivity index (χ0v) is 12.5.